The van der Waals surface area contributed by atoms with Gasteiger partial charge in [-0.1, -0.05) is 12.1 Å². The Bertz CT molecular complexity index is 404. The highest BCUT2D eigenvalue weighted by Gasteiger charge is 2.27. The first-order chi connectivity index (χ1) is 8.90. The maximum Gasteiger partial charge on any atom is 0.405 e. The quantitative estimate of drug-likeness (QED) is 0.823. The number of amides is 1. The molecular weight excluding hydrogens is 263 g/mol. The smallest absolute Gasteiger partial charge is 0.405 e. The minimum atomic E-state index is -4.43. The first-order valence-electron chi connectivity index (χ1n) is 5.57. The number of carbonyl (C=O) groups is 1. The van der Waals surface area contributed by atoms with E-state index in [4.69, 9.17) is 9.84 Å². The van der Waals surface area contributed by atoms with Crippen LogP contribution in [0.5, 0.6) is 5.75 Å². The van der Waals surface area contributed by atoms with Crippen LogP contribution in [-0.4, -0.2) is 36.9 Å². The van der Waals surface area contributed by atoms with E-state index in [9.17, 15) is 18.0 Å². The van der Waals surface area contributed by atoms with Crippen LogP contribution in [0.1, 0.15) is 5.56 Å². The third-order valence-corrected chi connectivity index (χ3v) is 2.18. The monoisotopic (exact) mass is 277 g/mol. The fourth-order valence-electron chi connectivity index (χ4n) is 1.28. The summed E-state index contributed by atoms with van der Waals surface area (Å²) >= 11 is 0. The van der Waals surface area contributed by atoms with Crippen molar-refractivity contribution in [3.05, 3.63) is 29.8 Å². The Kier molecular flexibility index (Phi) is 5.62. The molecule has 0 aliphatic rings. The summed E-state index contributed by atoms with van der Waals surface area (Å²) in [5.74, 6) is -0.458. The fourth-order valence-corrected chi connectivity index (χ4v) is 1.28. The van der Waals surface area contributed by atoms with Gasteiger partial charge in [-0.05, 0) is 24.1 Å². The van der Waals surface area contributed by atoms with Crippen molar-refractivity contribution in [3.63, 3.8) is 0 Å². The number of nitrogens with one attached hydrogen (secondary N) is 1. The number of carbonyl (C=O) groups excluding carboxylic acids is 1. The lowest BCUT2D eigenvalue weighted by Crippen LogP contribution is -2.36. The molecule has 1 aromatic rings. The number of aliphatic hydroxyl groups is 1. The van der Waals surface area contributed by atoms with Crippen LogP contribution in [0.4, 0.5) is 13.2 Å². The van der Waals surface area contributed by atoms with E-state index in [2.05, 4.69) is 0 Å². The molecular formula is C12H14F3NO3. The first kappa shape index (κ1) is 15.3. The number of ether oxygens (including phenoxy) is 1. The predicted octanol–water partition coefficient (Wildman–Crippen LogP) is 1.28. The molecule has 0 spiro atoms. The van der Waals surface area contributed by atoms with Crippen LogP contribution in [0.25, 0.3) is 0 Å². The van der Waals surface area contributed by atoms with Gasteiger partial charge in [0.15, 0.2) is 6.61 Å². The van der Waals surface area contributed by atoms with E-state index < -0.39 is 25.2 Å². The second-order valence-electron chi connectivity index (χ2n) is 3.80. The molecule has 7 heteroatoms. The van der Waals surface area contributed by atoms with Crippen molar-refractivity contribution in [2.45, 2.75) is 12.6 Å². The van der Waals surface area contributed by atoms with Crippen molar-refractivity contribution in [1.29, 1.82) is 0 Å². The lowest BCUT2D eigenvalue weighted by atomic mass is 10.1. The Morgan fingerprint density at radius 1 is 1.26 bits per heavy atom. The molecule has 1 rings (SSSR count). The SMILES string of the molecule is O=C(COc1ccc(CCO)cc1)NCC(F)(F)F. The van der Waals surface area contributed by atoms with Gasteiger partial charge in [-0.15, -0.1) is 0 Å². The molecule has 0 aromatic heterocycles. The van der Waals surface area contributed by atoms with E-state index in [-0.39, 0.29) is 6.61 Å². The van der Waals surface area contributed by atoms with Crippen LogP contribution in [0.2, 0.25) is 0 Å². The molecule has 0 atom stereocenters. The number of rotatable bonds is 6. The second kappa shape index (κ2) is 6.98. The molecule has 19 heavy (non-hydrogen) atoms. The summed E-state index contributed by atoms with van der Waals surface area (Å²) in [7, 11) is 0. The summed E-state index contributed by atoms with van der Waals surface area (Å²) in [4.78, 5) is 11.1. The van der Waals surface area contributed by atoms with Crippen molar-refractivity contribution in [3.8, 4) is 5.75 Å². The van der Waals surface area contributed by atoms with Crippen molar-refractivity contribution < 1.29 is 27.8 Å². The van der Waals surface area contributed by atoms with Crippen LogP contribution in [0.3, 0.4) is 0 Å². The highest BCUT2D eigenvalue weighted by atomic mass is 19.4. The zero-order valence-corrected chi connectivity index (χ0v) is 10.0. The van der Waals surface area contributed by atoms with E-state index in [1.165, 1.54) is 0 Å². The molecule has 2 N–H and O–H groups in total. The minimum absolute atomic E-state index is 0.0278. The molecule has 1 aromatic carbocycles. The van der Waals surface area contributed by atoms with Crippen LogP contribution in [-0.2, 0) is 11.2 Å². The van der Waals surface area contributed by atoms with Gasteiger partial charge in [0.05, 0.1) is 0 Å². The van der Waals surface area contributed by atoms with Crippen LogP contribution in [0, 0.1) is 0 Å². The summed E-state index contributed by atoms with van der Waals surface area (Å²) in [5, 5.41) is 10.4. The Labute approximate surface area is 108 Å². The normalized spacial score (nSPS) is 11.2. The Morgan fingerprint density at radius 2 is 1.89 bits per heavy atom. The van der Waals surface area contributed by atoms with Gasteiger partial charge in [0.1, 0.15) is 12.3 Å². The Morgan fingerprint density at radius 3 is 2.42 bits per heavy atom. The van der Waals surface area contributed by atoms with Crippen LogP contribution >= 0.6 is 0 Å². The molecule has 0 heterocycles. The molecule has 106 valence electrons. The topological polar surface area (TPSA) is 58.6 Å². The summed E-state index contributed by atoms with van der Waals surface area (Å²) in [6.45, 7) is -1.82. The molecule has 0 saturated heterocycles. The van der Waals surface area contributed by atoms with Gasteiger partial charge in [0.25, 0.3) is 5.91 Å². The minimum Gasteiger partial charge on any atom is -0.484 e. The highest BCUT2D eigenvalue weighted by molar-refractivity contribution is 5.77. The molecule has 1 amide bonds. The molecule has 4 nitrogen and oxygen atoms in total. The number of aliphatic hydroxyl groups excluding tert-OH is 1. The zero-order valence-electron chi connectivity index (χ0n) is 10.0. The van der Waals surface area contributed by atoms with Crippen molar-refractivity contribution in [1.82, 2.24) is 5.32 Å². The molecule has 0 bridgehead atoms. The van der Waals surface area contributed by atoms with Crippen molar-refractivity contribution in [2.75, 3.05) is 19.8 Å². The van der Waals surface area contributed by atoms with Gasteiger partial charge < -0.3 is 15.2 Å². The number of alkyl halides is 3. The van der Waals surface area contributed by atoms with Crippen molar-refractivity contribution >= 4 is 5.91 Å². The Hall–Kier alpha value is -1.76. The number of hydrogen-bond acceptors (Lipinski definition) is 3. The van der Waals surface area contributed by atoms with Gasteiger partial charge in [-0.25, -0.2) is 0 Å². The van der Waals surface area contributed by atoms with E-state index in [1.54, 1.807) is 29.6 Å². The largest absolute Gasteiger partial charge is 0.484 e. The second-order valence-corrected chi connectivity index (χ2v) is 3.80. The van der Waals surface area contributed by atoms with E-state index in [0.717, 1.165) is 5.56 Å². The third-order valence-electron chi connectivity index (χ3n) is 2.18. The van der Waals surface area contributed by atoms with Crippen LogP contribution in [0.15, 0.2) is 24.3 Å². The molecule has 0 aliphatic carbocycles. The molecule has 0 unspecified atom stereocenters. The van der Waals surface area contributed by atoms with E-state index in [1.807, 2.05) is 0 Å². The van der Waals surface area contributed by atoms with E-state index >= 15 is 0 Å². The lowest BCUT2D eigenvalue weighted by Gasteiger charge is -2.09. The number of hydrogen-bond donors (Lipinski definition) is 2. The molecule has 0 fully saturated rings. The zero-order chi connectivity index (χ0) is 14.3. The summed E-state index contributed by atoms with van der Waals surface area (Å²) in [5.41, 5.74) is 0.899. The maximum absolute atomic E-state index is 11.8. The number of benzene rings is 1. The Balaban J connectivity index is 2.33. The lowest BCUT2D eigenvalue weighted by molar-refractivity contribution is -0.139. The third kappa shape index (κ3) is 6.66. The first-order valence-corrected chi connectivity index (χ1v) is 5.57. The van der Waals surface area contributed by atoms with Gasteiger partial charge in [0, 0.05) is 6.61 Å². The predicted molar refractivity (Wildman–Crippen MR) is 61.8 cm³/mol. The standard InChI is InChI=1S/C12H14F3NO3/c13-12(14,15)8-16-11(18)7-19-10-3-1-9(2-4-10)5-6-17/h1-4,17H,5-8H2,(H,16,18). The van der Waals surface area contributed by atoms with Gasteiger partial charge in [-0.2, -0.15) is 13.2 Å². The van der Waals surface area contributed by atoms with E-state index in [0.29, 0.717) is 12.2 Å². The average molecular weight is 277 g/mol. The maximum atomic E-state index is 11.8. The van der Waals surface area contributed by atoms with Gasteiger partial charge in [0.2, 0.25) is 0 Å². The number of halogens is 3. The molecule has 0 radical (unpaired) electrons. The summed E-state index contributed by atoms with van der Waals surface area (Å²) in [6.07, 6.45) is -3.92. The van der Waals surface area contributed by atoms with Gasteiger partial charge >= 0.3 is 6.18 Å². The van der Waals surface area contributed by atoms with Gasteiger partial charge in [-0.3, -0.25) is 4.79 Å². The van der Waals surface area contributed by atoms with Crippen molar-refractivity contribution in [2.24, 2.45) is 0 Å². The average Bonchev–Trinajstić information content (AvgIpc) is 2.35. The summed E-state index contributed by atoms with van der Waals surface area (Å²) < 4.78 is 40.5. The fraction of sp³-hybridized carbons (Fsp3) is 0.417. The molecule has 0 saturated carbocycles. The van der Waals surface area contributed by atoms with Crippen LogP contribution < -0.4 is 10.1 Å². The summed E-state index contributed by atoms with van der Waals surface area (Å²) in [6, 6.07) is 6.59. The highest BCUT2D eigenvalue weighted by Crippen LogP contribution is 2.13. The molecule has 0 aliphatic heterocycles.